The first-order chi connectivity index (χ1) is 7.72. The molecule has 16 heavy (non-hydrogen) atoms. The van der Waals surface area contributed by atoms with E-state index in [1.165, 1.54) is 0 Å². The fourth-order valence-electron chi connectivity index (χ4n) is 1.52. The molecular weight excluding hydrogens is 224 g/mol. The van der Waals surface area contributed by atoms with Crippen molar-refractivity contribution in [1.29, 1.82) is 0 Å². The number of rotatable bonds is 4. The predicted octanol–water partition coefficient (Wildman–Crippen LogP) is 2.88. The van der Waals surface area contributed by atoms with Crippen LogP contribution in [-0.2, 0) is 4.79 Å². The Morgan fingerprint density at radius 3 is 3.00 bits per heavy atom. The van der Waals surface area contributed by atoms with E-state index in [0.717, 1.165) is 4.88 Å². The van der Waals surface area contributed by atoms with Crippen molar-refractivity contribution in [2.24, 2.45) is 0 Å². The van der Waals surface area contributed by atoms with E-state index >= 15 is 0 Å². The van der Waals surface area contributed by atoms with E-state index in [2.05, 4.69) is 10.1 Å². The molecule has 0 amide bonds. The van der Waals surface area contributed by atoms with E-state index in [4.69, 9.17) is 4.52 Å². The summed E-state index contributed by atoms with van der Waals surface area (Å²) in [7, 11) is 0. The van der Waals surface area contributed by atoms with Crippen LogP contribution >= 0.6 is 11.3 Å². The minimum absolute atomic E-state index is 0.0591. The van der Waals surface area contributed by atoms with Gasteiger partial charge in [-0.05, 0) is 24.8 Å². The van der Waals surface area contributed by atoms with E-state index in [1.54, 1.807) is 18.3 Å². The minimum atomic E-state index is -0.277. The van der Waals surface area contributed by atoms with Gasteiger partial charge in [0.25, 0.3) is 0 Å². The standard InChI is InChI=1S/C11H12N2O2S/c1-3-8(7(2)14)11-12-10(13-15-11)9-5-4-6-16-9/h4-6,8H,3H2,1-2H3. The van der Waals surface area contributed by atoms with Gasteiger partial charge in [-0.3, -0.25) is 4.79 Å². The maximum atomic E-state index is 11.3. The largest absolute Gasteiger partial charge is 0.338 e. The van der Waals surface area contributed by atoms with E-state index < -0.39 is 0 Å². The molecule has 0 radical (unpaired) electrons. The summed E-state index contributed by atoms with van der Waals surface area (Å²) in [4.78, 5) is 16.6. The van der Waals surface area contributed by atoms with Crippen LogP contribution in [0.25, 0.3) is 10.7 Å². The Hall–Kier alpha value is -1.49. The quantitative estimate of drug-likeness (QED) is 0.819. The molecule has 4 nitrogen and oxygen atoms in total. The number of ketones is 1. The number of Topliss-reactive ketones (excluding diaryl/α,β-unsaturated/α-hetero) is 1. The Morgan fingerprint density at radius 1 is 1.62 bits per heavy atom. The summed E-state index contributed by atoms with van der Waals surface area (Å²) < 4.78 is 5.13. The highest BCUT2D eigenvalue weighted by atomic mass is 32.1. The lowest BCUT2D eigenvalue weighted by Gasteiger charge is -2.03. The lowest BCUT2D eigenvalue weighted by Crippen LogP contribution is -2.07. The van der Waals surface area contributed by atoms with Gasteiger partial charge in [0, 0.05) is 0 Å². The van der Waals surface area contributed by atoms with Crippen LogP contribution in [0.3, 0.4) is 0 Å². The summed E-state index contributed by atoms with van der Waals surface area (Å²) in [5, 5.41) is 5.83. The normalized spacial score (nSPS) is 12.6. The van der Waals surface area contributed by atoms with Gasteiger partial charge in [0.15, 0.2) is 0 Å². The van der Waals surface area contributed by atoms with E-state index in [9.17, 15) is 4.79 Å². The van der Waals surface area contributed by atoms with Crippen LogP contribution in [0.1, 0.15) is 32.1 Å². The predicted molar refractivity (Wildman–Crippen MR) is 61.3 cm³/mol. The molecule has 0 saturated carbocycles. The number of nitrogens with zero attached hydrogens (tertiary/aromatic N) is 2. The van der Waals surface area contributed by atoms with Crippen LogP contribution < -0.4 is 0 Å². The van der Waals surface area contributed by atoms with Crippen molar-refractivity contribution in [1.82, 2.24) is 10.1 Å². The van der Waals surface area contributed by atoms with Crippen LogP contribution in [0.5, 0.6) is 0 Å². The fraction of sp³-hybridized carbons (Fsp3) is 0.364. The Kier molecular flexibility index (Phi) is 3.14. The molecule has 0 saturated heterocycles. The molecule has 0 spiro atoms. The van der Waals surface area contributed by atoms with Crippen LogP contribution in [-0.4, -0.2) is 15.9 Å². The van der Waals surface area contributed by atoms with Crippen molar-refractivity contribution < 1.29 is 9.32 Å². The van der Waals surface area contributed by atoms with Crippen molar-refractivity contribution in [2.75, 3.05) is 0 Å². The zero-order valence-corrected chi connectivity index (χ0v) is 9.95. The van der Waals surface area contributed by atoms with Gasteiger partial charge in [-0.15, -0.1) is 11.3 Å². The molecule has 84 valence electrons. The van der Waals surface area contributed by atoms with Crippen molar-refractivity contribution in [3.63, 3.8) is 0 Å². The first kappa shape index (κ1) is 11.0. The number of aromatic nitrogens is 2. The molecule has 0 aromatic carbocycles. The third-order valence-electron chi connectivity index (χ3n) is 2.38. The second-order valence-corrected chi connectivity index (χ2v) is 4.45. The number of hydrogen-bond acceptors (Lipinski definition) is 5. The average Bonchev–Trinajstić information content (AvgIpc) is 2.86. The third-order valence-corrected chi connectivity index (χ3v) is 3.25. The van der Waals surface area contributed by atoms with Gasteiger partial charge < -0.3 is 4.52 Å². The summed E-state index contributed by atoms with van der Waals surface area (Å²) in [6.07, 6.45) is 0.682. The van der Waals surface area contributed by atoms with E-state index in [1.807, 2.05) is 24.4 Å². The van der Waals surface area contributed by atoms with Crippen molar-refractivity contribution in [3.8, 4) is 10.7 Å². The topological polar surface area (TPSA) is 56.0 Å². The second kappa shape index (κ2) is 4.57. The first-order valence-electron chi connectivity index (χ1n) is 5.10. The Labute approximate surface area is 97.3 Å². The SMILES string of the molecule is CCC(C(C)=O)c1nc(-c2cccs2)no1. The molecule has 2 aromatic rings. The van der Waals surface area contributed by atoms with Gasteiger partial charge in [0.05, 0.1) is 10.8 Å². The Morgan fingerprint density at radius 2 is 2.44 bits per heavy atom. The molecule has 0 aliphatic rings. The summed E-state index contributed by atoms with van der Waals surface area (Å²) in [5.74, 6) is 0.758. The summed E-state index contributed by atoms with van der Waals surface area (Å²) in [5.41, 5.74) is 0. The van der Waals surface area contributed by atoms with Crippen molar-refractivity contribution in [3.05, 3.63) is 23.4 Å². The molecule has 0 fully saturated rings. The van der Waals surface area contributed by atoms with Gasteiger partial charge in [0.1, 0.15) is 5.78 Å². The number of carbonyl (C=O) groups is 1. The molecule has 5 heteroatoms. The van der Waals surface area contributed by atoms with Gasteiger partial charge >= 0.3 is 0 Å². The van der Waals surface area contributed by atoms with Gasteiger partial charge in [-0.2, -0.15) is 4.98 Å². The van der Waals surface area contributed by atoms with Gasteiger partial charge in [0.2, 0.25) is 11.7 Å². The second-order valence-electron chi connectivity index (χ2n) is 3.51. The molecule has 0 aliphatic heterocycles. The molecular formula is C11H12N2O2S. The number of thiophene rings is 1. The maximum Gasteiger partial charge on any atom is 0.237 e. The van der Waals surface area contributed by atoms with Gasteiger partial charge in [-0.1, -0.05) is 18.1 Å². The molecule has 0 aliphatic carbocycles. The molecule has 1 unspecified atom stereocenters. The van der Waals surface area contributed by atoms with E-state index in [-0.39, 0.29) is 11.7 Å². The molecule has 1 atom stereocenters. The Bertz CT molecular complexity index is 476. The van der Waals surface area contributed by atoms with Crippen LogP contribution in [0, 0.1) is 0 Å². The average molecular weight is 236 g/mol. The summed E-state index contributed by atoms with van der Waals surface area (Å²) in [6, 6.07) is 3.85. The molecule has 2 heterocycles. The summed E-state index contributed by atoms with van der Waals surface area (Å²) >= 11 is 1.55. The number of hydrogen-bond donors (Lipinski definition) is 0. The Balaban J connectivity index is 2.29. The van der Waals surface area contributed by atoms with Crippen molar-refractivity contribution in [2.45, 2.75) is 26.2 Å². The molecule has 0 N–H and O–H groups in total. The van der Waals surface area contributed by atoms with Crippen LogP contribution in [0.2, 0.25) is 0 Å². The van der Waals surface area contributed by atoms with Crippen LogP contribution in [0.4, 0.5) is 0 Å². The van der Waals surface area contributed by atoms with Crippen molar-refractivity contribution >= 4 is 17.1 Å². The smallest absolute Gasteiger partial charge is 0.237 e. The zero-order valence-electron chi connectivity index (χ0n) is 9.14. The lowest BCUT2D eigenvalue weighted by molar-refractivity contribution is -0.119. The molecule has 0 bridgehead atoms. The molecule has 2 rings (SSSR count). The highest BCUT2D eigenvalue weighted by Crippen LogP contribution is 2.25. The maximum absolute atomic E-state index is 11.3. The monoisotopic (exact) mass is 236 g/mol. The third kappa shape index (κ3) is 2.04. The zero-order chi connectivity index (χ0) is 11.5. The highest BCUT2D eigenvalue weighted by Gasteiger charge is 2.22. The fourth-order valence-corrected chi connectivity index (χ4v) is 2.17. The highest BCUT2D eigenvalue weighted by molar-refractivity contribution is 7.13. The van der Waals surface area contributed by atoms with Crippen LogP contribution in [0.15, 0.2) is 22.0 Å². The first-order valence-corrected chi connectivity index (χ1v) is 5.98. The number of carbonyl (C=O) groups excluding carboxylic acids is 1. The summed E-state index contributed by atoms with van der Waals surface area (Å²) in [6.45, 7) is 3.48. The van der Waals surface area contributed by atoms with E-state index in [0.29, 0.717) is 18.1 Å². The van der Waals surface area contributed by atoms with Gasteiger partial charge in [-0.25, -0.2) is 0 Å². The minimum Gasteiger partial charge on any atom is -0.338 e. The molecule has 2 aromatic heterocycles. The lowest BCUT2D eigenvalue weighted by atomic mass is 10.0.